The molecule has 1 aromatic carbocycles. The number of benzene rings is 1. The second kappa shape index (κ2) is 3.14. The average Bonchev–Trinajstić information content (AvgIpc) is 2.07. The molecule has 0 atom stereocenters. The van der Waals surface area contributed by atoms with Gasteiger partial charge in [0.15, 0.2) is 0 Å². The minimum absolute atomic E-state index is 0.172. The summed E-state index contributed by atoms with van der Waals surface area (Å²) in [5, 5.41) is 10.4. The van der Waals surface area contributed by atoms with Crippen LogP contribution in [0.15, 0.2) is 21.6 Å². The summed E-state index contributed by atoms with van der Waals surface area (Å²) in [6, 6.07) is 3.67. The van der Waals surface area contributed by atoms with Crippen molar-refractivity contribution in [3.63, 3.8) is 0 Å². The second-order valence-corrected chi connectivity index (χ2v) is 3.93. The molecule has 0 aromatic heterocycles. The quantitative estimate of drug-likeness (QED) is 0.657. The van der Waals surface area contributed by atoms with Crippen LogP contribution in [0.5, 0.6) is 0 Å². The summed E-state index contributed by atoms with van der Waals surface area (Å²) in [4.78, 5) is 4.10. The number of hydrogen-bond donors (Lipinski definition) is 3. The summed E-state index contributed by atoms with van der Waals surface area (Å²) >= 11 is 3.34. The number of nitrogens with zero attached hydrogens (tertiary/aromatic N) is 2. The maximum atomic E-state index is 9.52. The molecule has 6 heteroatoms. The largest absolute Gasteiger partial charge is 0.368 e. The first-order valence-electron chi connectivity index (χ1n) is 3.98. The van der Waals surface area contributed by atoms with Crippen LogP contribution in [0.4, 0.5) is 11.4 Å². The Morgan fingerprint density at radius 1 is 1.57 bits per heavy atom. The van der Waals surface area contributed by atoms with Gasteiger partial charge in [-0.15, -0.1) is 0 Å². The third-order valence-corrected chi connectivity index (χ3v) is 2.38. The minimum Gasteiger partial charge on any atom is -0.368 e. The molecule has 1 aliphatic heterocycles. The molecule has 74 valence electrons. The summed E-state index contributed by atoms with van der Waals surface area (Å²) in [5.74, 6) is 0.172. The average molecular weight is 257 g/mol. The Labute approximate surface area is 89.3 Å². The summed E-state index contributed by atoms with van der Waals surface area (Å²) in [6.45, 7) is 1.90. The van der Waals surface area contributed by atoms with Crippen LogP contribution < -0.4 is 16.3 Å². The number of hydrazine groups is 1. The molecule has 0 fully saturated rings. The molecule has 0 saturated carbocycles. The van der Waals surface area contributed by atoms with Crippen LogP contribution in [0.2, 0.25) is 0 Å². The van der Waals surface area contributed by atoms with Crippen LogP contribution in [-0.2, 0) is 0 Å². The Hall–Kier alpha value is -1.27. The molecular formula is C8H9BrN4O. The Morgan fingerprint density at radius 3 is 3.00 bits per heavy atom. The van der Waals surface area contributed by atoms with Gasteiger partial charge in [0.05, 0.1) is 5.69 Å². The number of nitrogens with one attached hydrogen (secondary N) is 1. The Bertz CT molecular complexity index is 418. The van der Waals surface area contributed by atoms with Gasteiger partial charge < -0.3 is 5.73 Å². The van der Waals surface area contributed by atoms with Crippen molar-refractivity contribution in [1.82, 2.24) is 5.43 Å². The summed E-state index contributed by atoms with van der Waals surface area (Å²) in [6.07, 6.45) is 0. The first kappa shape index (κ1) is 9.29. The lowest BCUT2D eigenvalue weighted by Crippen LogP contribution is -2.46. The van der Waals surface area contributed by atoms with Crippen LogP contribution in [-0.4, -0.2) is 11.2 Å². The van der Waals surface area contributed by atoms with E-state index in [1.54, 1.807) is 6.07 Å². The Kier molecular flexibility index (Phi) is 2.09. The molecule has 0 radical (unpaired) electrons. The molecule has 0 amide bonds. The van der Waals surface area contributed by atoms with Gasteiger partial charge >= 0.3 is 0 Å². The van der Waals surface area contributed by atoms with Gasteiger partial charge in [-0.25, -0.2) is 10.4 Å². The summed E-state index contributed by atoms with van der Waals surface area (Å²) < 4.78 is 0.880. The van der Waals surface area contributed by atoms with Crippen molar-refractivity contribution >= 4 is 33.3 Å². The van der Waals surface area contributed by atoms with Gasteiger partial charge in [0.2, 0.25) is 5.96 Å². The zero-order valence-electron chi connectivity index (χ0n) is 7.45. The lowest BCUT2D eigenvalue weighted by molar-refractivity contribution is 0.234. The minimum atomic E-state index is 0.172. The fraction of sp³-hybridized carbons (Fsp3) is 0.125. The second-order valence-electron chi connectivity index (χ2n) is 3.01. The van der Waals surface area contributed by atoms with Crippen molar-refractivity contribution in [3.05, 3.63) is 22.2 Å². The monoisotopic (exact) mass is 256 g/mol. The first-order chi connectivity index (χ1) is 6.58. The fourth-order valence-electron chi connectivity index (χ4n) is 1.34. The smallest absolute Gasteiger partial charge is 0.215 e. The number of hydrogen-bond acceptors (Lipinski definition) is 5. The van der Waals surface area contributed by atoms with Gasteiger partial charge in [-0.1, -0.05) is 15.9 Å². The summed E-state index contributed by atoms with van der Waals surface area (Å²) in [5.41, 5.74) is 10.1. The van der Waals surface area contributed by atoms with E-state index in [2.05, 4.69) is 26.3 Å². The van der Waals surface area contributed by atoms with E-state index < -0.39 is 0 Å². The first-order valence-corrected chi connectivity index (χ1v) is 4.77. The van der Waals surface area contributed by atoms with E-state index in [0.29, 0.717) is 11.4 Å². The van der Waals surface area contributed by atoms with E-state index in [-0.39, 0.29) is 5.96 Å². The lowest BCUT2D eigenvalue weighted by Gasteiger charge is -2.25. The number of guanidine groups is 1. The van der Waals surface area contributed by atoms with Crippen LogP contribution in [0.3, 0.4) is 0 Å². The standard InChI is InChI=1S/C8H9BrN4O/c1-4-2-5(9)3-6-7(4)11-8(10)12-13(6)14/h2-3,14H,1H3,(H3,10,11,12). The van der Waals surface area contributed by atoms with Crippen LogP contribution in [0, 0.1) is 6.92 Å². The highest BCUT2D eigenvalue weighted by Gasteiger charge is 2.18. The van der Waals surface area contributed by atoms with Crippen molar-refractivity contribution in [1.29, 1.82) is 0 Å². The lowest BCUT2D eigenvalue weighted by atomic mass is 10.1. The molecule has 0 aliphatic carbocycles. The zero-order valence-corrected chi connectivity index (χ0v) is 9.04. The molecule has 1 aliphatic rings. The number of rotatable bonds is 0. The van der Waals surface area contributed by atoms with Gasteiger partial charge in [0.1, 0.15) is 5.69 Å². The van der Waals surface area contributed by atoms with Gasteiger partial charge in [-0.05, 0) is 24.6 Å². The Morgan fingerprint density at radius 2 is 2.29 bits per heavy atom. The molecule has 0 bridgehead atoms. The number of fused-ring (bicyclic) bond motifs is 1. The normalized spacial score (nSPS) is 14.5. The van der Waals surface area contributed by atoms with Crippen molar-refractivity contribution in [2.24, 2.45) is 10.7 Å². The SMILES string of the molecule is Cc1cc(Br)cc2c1N=C(N)NN2O. The summed E-state index contributed by atoms with van der Waals surface area (Å²) in [7, 11) is 0. The molecule has 0 spiro atoms. The maximum Gasteiger partial charge on any atom is 0.215 e. The number of halogens is 1. The van der Waals surface area contributed by atoms with Crippen molar-refractivity contribution in [2.45, 2.75) is 6.92 Å². The van der Waals surface area contributed by atoms with Crippen molar-refractivity contribution in [3.8, 4) is 0 Å². The van der Waals surface area contributed by atoms with E-state index >= 15 is 0 Å². The van der Waals surface area contributed by atoms with Gasteiger partial charge in [-0.2, -0.15) is 5.17 Å². The fourth-order valence-corrected chi connectivity index (χ4v) is 1.90. The molecule has 1 aromatic rings. The van der Waals surface area contributed by atoms with Crippen molar-refractivity contribution in [2.75, 3.05) is 5.17 Å². The highest BCUT2D eigenvalue weighted by Crippen LogP contribution is 2.35. The molecule has 2 rings (SSSR count). The van der Waals surface area contributed by atoms with E-state index in [9.17, 15) is 5.21 Å². The van der Waals surface area contributed by atoms with Gasteiger partial charge in [-0.3, -0.25) is 5.21 Å². The highest BCUT2D eigenvalue weighted by atomic mass is 79.9. The molecule has 0 saturated heterocycles. The maximum absolute atomic E-state index is 9.52. The number of aryl methyl sites for hydroxylation is 1. The third-order valence-electron chi connectivity index (χ3n) is 1.93. The predicted molar refractivity (Wildman–Crippen MR) is 57.6 cm³/mol. The van der Waals surface area contributed by atoms with E-state index in [1.165, 1.54) is 0 Å². The third kappa shape index (κ3) is 1.42. The van der Waals surface area contributed by atoms with Crippen LogP contribution >= 0.6 is 15.9 Å². The molecule has 5 nitrogen and oxygen atoms in total. The van der Waals surface area contributed by atoms with E-state index in [4.69, 9.17) is 5.73 Å². The number of anilines is 1. The highest BCUT2D eigenvalue weighted by molar-refractivity contribution is 9.10. The number of nitrogens with two attached hydrogens (primary N) is 1. The van der Waals surface area contributed by atoms with E-state index in [0.717, 1.165) is 15.2 Å². The zero-order chi connectivity index (χ0) is 10.3. The number of aliphatic imine (C=N–C) groups is 1. The molecule has 14 heavy (non-hydrogen) atoms. The van der Waals surface area contributed by atoms with Crippen molar-refractivity contribution < 1.29 is 5.21 Å². The van der Waals surface area contributed by atoms with Gasteiger partial charge in [0, 0.05) is 4.47 Å². The molecule has 0 unspecified atom stereocenters. The predicted octanol–water partition coefficient (Wildman–Crippen LogP) is 1.42. The Balaban J connectivity index is 2.65. The van der Waals surface area contributed by atoms with E-state index in [1.807, 2.05) is 13.0 Å². The molecular weight excluding hydrogens is 248 g/mol. The molecule has 4 N–H and O–H groups in total. The van der Waals surface area contributed by atoms with Crippen LogP contribution in [0.25, 0.3) is 0 Å². The topological polar surface area (TPSA) is 73.9 Å². The van der Waals surface area contributed by atoms with Crippen LogP contribution in [0.1, 0.15) is 5.56 Å². The van der Waals surface area contributed by atoms with Gasteiger partial charge in [0.25, 0.3) is 0 Å². The molecule has 1 heterocycles.